The van der Waals surface area contributed by atoms with E-state index < -0.39 is 0 Å². The van der Waals surface area contributed by atoms with Gasteiger partial charge in [-0.05, 0) is 59.7 Å². The molecule has 0 unspecified atom stereocenters. The van der Waals surface area contributed by atoms with Gasteiger partial charge in [0, 0.05) is 17.3 Å². The number of carbonyl (C=O) groups is 2. The van der Waals surface area contributed by atoms with Gasteiger partial charge in [0.05, 0.1) is 22.8 Å². The summed E-state index contributed by atoms with van der Waals surface area (Å²) in [4.78, 5) is 26.7. The normalized spacial score (nSPS) is 13.1. The number of ether oxygens (including phenoxy) is 1. The highest BCUT2D eigenvalue weighted by atomic mass is 79.9. The molecule has 1 amide bonds. The Hall–Kier alpha value is -2.46. The first-order valence-corrected chi connectivity index (χ1v) is 11.5. The highest BCUT2D eigenvalue weighted by molar-refractivity contribution is 9.10. The molecular weight excluding hydrogens is 470 g/mol. The van der Waals surface area contributed by atoms with Crippen molar-refractivity contribution in [2.24, 2.45) is 0 Å². The van der Waals surface area contributed by atoms with Gasteiger partial charge in [-0.3, -0.25) is 9.48 Å². The van der Waals surface area contributed by atoms with Crippen LogP contribution >= 0.6 is 27.3 Å². The number of fused-ring (bicyclic) bond motifs is 1. The lowest BCUT2D eigenvalue weighted by molar-refractivity contribution is 0.0505. The molecule has 0 fully saturated rings. The minimum atomic E-state index is -0.360. The van der Waals surface area contributed by atoms with Crippen molar-refractivity contribution in [3.05, 3.63) is 50.8 Å². The maximum absolute atomic E-state index is 12.8. The van der Waals surface area contributed by atoms with Gasteiger partial charge >= 0.3 is 5.97 Å². The van der Waals surface area contributed by atoms with Crippen molar-refractivity contribution in [1.82, 2.24) is 19.6 Å². The average Bonchev–Trinajstić information content (AvgIpc) is 3.45. The molecular formula is C20H22BrN5O3S. The fourth-order valence-corrected chi connectivity index (χ4v) is 5.03. The summed E-state index contributed by atoms with van der Waals surface area (Å²) in [6, 6.07) is 1.65. The van der Waals surface area contributed by atoms with Crippen molar-refractivity contribution in [3.8, 4) is 0 Å². The smallest absolute Gasteiger partial charge is 0.341 e. The van der Waals surface area contributed by atoms with Gasteiger partial charge in [-0.15, -0.1) is 11.3 Å². The molecule has 1 aliphatic rings. The first kappa shape index (κ1) is 20.8. The van der Waals surface area contributed by atoms with Gasteiger partial charge in [0.1, 0.15) is 11.7 Å². The number of amides is 1. The first-order valence-electron chi connectivity index (χ1n) is 9.89. The molecule has 8 nitrogen and oxygen atoms in total. The Kier molecular flexibility index (Phi) is 6.33. The third-order valence-corrected chi connectivity index (χ3v) is 6.42. The van der Waals surface area contributed by atoms with Crippen molar-refractivity contribution in [1.29, 1.82) is 0 Å². The minimum Gasteiger partial charge on any atom is -0.462 e. The molecule has 0 radical (unpaired) electrons. The van der Waals surface area contributed by atoms with Gasteiger partial charge in [0.25, 0.3) is 5.91 Å². The van der Waals surface area contributed by atoms with E-state index in [-0.39, 0.29) is 17.6 Å². The summed E-state index contributed by atoms with van der Waals surface area (Å²) in [5.74, 6) is -0.708. The van der Waals surface area contributed by atoms with E-state index in [1.807, 2.05) is 13.1 Å². The van der Waals surface area contributed by atoms with Gasteiger partial charge < -0.3 is 10.1 Å². The Morgan fingerprint density at radius 2 is 2.13 bits per heavy atom. The maximum Gasteiger partial charge on any atom is 0.341 e. The zero-order chi connectivity index (χ0) is 21.1. The van der Waals surface area contributed by atoms with E-state index in [2.05, 4.69) is 31.4 Å². The Labute approximate surface area is 186 Å². The molecule has 0 saturated heterocycles. The molecule has 0 atom stereocenters. The summed E-state index contributed by atoms with van der Waals surface area (Å²) in [5.41, 5.74) is 1.82. The number of nitrogens with zero attached hydrogens (tertiary/aromatic N) is 4. The van der Waals surface area contributed by atoms with E-state index in [9.17, 15) is 9.59 Å². The van der Waals surface area contributed by atoms with E-state index in [1.54, 1.807) is 27.8 Å². The van der Waals surface area contributed by atoms with Gasteiger partial charge in [0.15, 0.2) is 5.69 Å². The van der Waals surface area contributed by atoms with Crippen molar-refractivity contribution in [3.63, 3.8) is 0 Å². The van der Waals surface area contributed by atoms with E-state index in [0.717, 1.165) is 47.0 Å². The molecule has 3 aromatic heterocycles. The summed E-state index contributed by atoms with van der Waals surface area (Å²) in [7, 11) is 0. The predicted octanol–water partition coefficient (Wildman–Crippen LogP) is 4.11. The molecule has 0 saturated carbocycles. The monoisotopic (exact) mass is 491 g/mol. The SMILES string of the molecule is CCCOC(=O)c1c(NC(=O)c2ccn(Cn3cc(Br)cn3)n2)sc2c1CCCC2. The van der Waals surface area contributed by atoms with Crippen molar-refractivity contribution in [2.45, 2.75) is 45.7 Å². The number of halogens is 1. The van der Waals surface area contributed by atoms with Gasteiger partial charge in [-0.2, -0.15) is 10.2 Å². The number of aryl methyl sites for hydroxylation is 1. The third-order valence-electron chi connectivity index (χ3n) is 4.80. The lowest BCUT2D eigenvalue weighted by Crippen LogP contribution is -2.17. The Bertz CT molecular complexity index is 1070. The molecule has 0 aliphatic heterocycles. The Morgan fingerprint density at radius 3 is 2.90 bits per heavy atom. The van der Waals surface area contributed by atoms with E-state index >= 15 is 0 Å². The van der Waals surface area contributed by atoms with Crippen LogP contribution in [0.25, 0.3) is 0 Å². The van der Waals surface area contributed by atoms with Gasteiger partial charge in [-0.25, -0.2) is 9.48 Å². The number of esters is 1. The van der Waals surface area contributed by atoms with Crippen LogP contribution in [0, 0.1) is 0 Å². The lowest BCUT2D eigenvalue weighted by atomic mass is 9.95. The number of thiophene rings is 1. The van der Waals surface area contributed by atoms with Crippen LogP contribution in [0.3, 0.4) is 0 Å². The molecule has 3 heterocycles. The van der Waals surface area contributed by atoms with Crippen LogP contribution < -0.4 is 5.32 Å². The fraction of sp³-hybridized carbons (Fsp3) is 0.400. The molecule has 30 heavy (non-hydrogen) atoms. The van der Waals surface area contributed by atoms with Crippen molar-refractivity contribution in [2.75, 3.05) is 11.9 Å². The lowest BCUT2D eigenvalue weighted by Gasteiger charge is -2.12. The average molecular weight is 492 g/mol. The van der Waals surface area contributed by atoms with Crippen LogP contribution in [0.4, 0.5) is 5.00 Å². The third kappa shape index (κ3) is 4.49. The van der Waals surface area contributed by atoms with Crippen LogP contribution in [0.15, 0.2) is 29.1 Å². The Morgan fingerprint density at radius 1 is 1.30 bits per heavy atom. The topological polar surface area (TPSA) is 91.0 Å². The second kappa shape index (κ2) is 9.13. The summed E-state index contributed by atoms with van der Waals surface area (Å²) in [6.45, 7) is 2.71. The van der Waals surface area contributed by atoms with Gasteiger partial charge in [0.2, 0.25) is 0 Å². The second-order valence-corrected chi connectivity index (χ2v) is 9.11. The molecule has 3 aromatic rings. The van der Waals surface area contributed by atoms with Crippen LogP contribution in [0.2, 0.25) is 0 Å². The van der Waals surface area contributed by atoms with Crippen LogP contribution in [0.1, 0.15) is 57.5 Å². The van der Waals surface area contributed by atoms with Gasteiger partial charge in [-0.1, -0.05) is 6.92 Å². The van der Waals surface area contributed by atoms with Crippen molar-refractivity contribution >= 4 is 44.1 Å². The molecule has 158 valence electrons. The zero-order valence-corrected chi connectivity index (χ0v) is 19.0. The maximum atomic E-state index is 12.8. The quantitative estimate of drug-likeness (QED) is 0.502. The number of rotatable bonds is 7. The summed E-state index contributed by atoms with van der Waals surface area (Å²) in [5, 5.41) is 12.0. The molecule has 0 bridgehead atoms. The van der Waals surface area contributed by atoms with Crippen LogP contribution in [-0.2, 0) is 24.2 Å². The number of nitrogens with one attached hydrogen (secondary N) is 1. The van der Waals surface area contributed by atoms with E-state index in [1.165, 1.54) is 11.3 Å². The van der Waals surface area contributed by atoms with Crippen molar-refractivity contribution < 1.29 is 14.3 Å². The minimum absolute atomic E-state index is 0.278. The molecule has 0 aromatic carbocycles. The fourth-order valence-electron chi connectivity index (χ4n) is 3.43. The number of aromatic nitrogens is 4. The number of anilines is 1. The molecule has 0 spiro atoms. The molecule has 4 rings (SSSR count). The number of hydrogen-bond donors (Lipinski definition) is 1. The zero-order valence-electron chi connectivity index (χ0n) is 16.6. The molecule has 10 heteroatoms. The number of hydrogen-bond acceptors (Lipinski definition) is 6. The van der Waals surface area contributed by atoms with E-state index in [0.29, 0.717) is 23.8 Å². The van der Waals surface area contributed by atoms with Crippen LogP contribution in [0.5, 0.6) is 0 Å². The second-order valence-electron chi connectivity index (χ2n) is 7.08. The first-order chi connectivity index (χ1) is 14.5. The Balaban J connectivity index is 1.53. The number of carbonyl (C=O) groups excluding carboxylic acids is 2. The highest BCUT2D eigenvalue weighted by Crippen LogP contribution is 2.38. The highest BCUT2D eigenvalue weighted by Gasteiger charge is 2.27. The predicted molar refractivity (Wildman–Crippen MR) is 117 cm³/mol. The molecule has 1 N–H and O–H groups in total. The standard InChI is InChI=1S/C20H22BrN5O3S/c1-2-9-29-20(28)17-14-5-3-4-6-16(14)30-19(17)23-18(27)15-7-8-25(24-15)12-26-11-13(21)10-22-26/h7-8,10-11H,2-6,9,12H2,1H3,(H,23,27). The van der Waals surface area contributed by atoms with E-state index in [4.69, 9.17) is 4.74 Å². The molecule has 1 aliphatic carbocycles. The summed E-state index contributed by atoms with van der Waals surface area (Å²) in [6.07, 6.45) is 9.90. The summed E-state index contributed by atoms with van der Waals surface area (Å²) >= 11 is 4.83. The summed E-state index contributed by atoms with van der Waals surface area (Å²) < 4.78 is 9.59. The van der Waals surface area contributed by atoms with Crippen LogP contribution in [-0.4, -0.2) is 38.0 Å². The largest absolute Gasteiger partial charge is 0.462 e.